The van der Waals surface area contributed by atoms with E-state index in [0.29, 0.717) is 17.4 Å². The summed E-state index contributed by atoms with van der Waals surface area (Å²) in [6, 6.07) is 5.36. The first-order valence-electron chi connectivity index (χ1n) is 7.22. The lowest BCUT2D eigenvalue weighted by molar-refractivity contribution is -0.131. The van der Waals surface area contributed by atoms with Crippen molar-refractivity contribution in [1.29, 1.82) is 0 Å². The zero-order chi connectivity index (χ0) is 14.8. The Balaban J connectivity index is 2.09. The third kappa shape index (κ3) is 2.89. The number of methoxy groups -OCH3 is 1. The van der Waals surface area contributed by atoms with E-state index in [1.807, 2.05) is 6.07 Å². The van der Waals surface area contributed by atoms with Crippen molar-refractivity contribution >= 4 is 17.3 Å². The lowest BCUT2D eigenvalue weighted by Gasteiger charge is -2.41. The molecule has 0 aliphatic heterocycles. The minimum Gasteiger partial charge on any atom is -0.495 e. The number of anilines is 2. The van der Waals surface area contributed by atoms with Gasteiger partial charge >= 0.3 is 0 Å². The average Bonchev–Trinajstić information content (AvgIpc) is 2.33. The van der Waals surface area contributed by atoms with E-state index in [2.05, 4.69) is 19.2 Å². The topological polar surface area (TPSA) is 64.3 Å². The lowest BCUT2D eigenvalue weighted by Crippen LogP contribution is -2.42. The van der Waals surface area contributed by atoms with Crippen LogP contribution in [0.5, 0.6) is 5.75 Å². The number of nitrogens with two attached hydrogens (primary N) is 1. The van der Waals surface area contributed by atoms with Gasteiger partial charge in [0.05, 0.1) is 12.8 Å². The van der Waals surface area contributed by atoms with E-state index >= 15 is 0 Å². The molecule has 1 aliphatic carbocycles. The molecule has 20 heavy (non-hydrogen) atoms. The highest BCUT2D eigenvalue weighted by molar-refractivity contribution is 5.96. The van der Waals surface area contributed by atoms with Crippen LogP contribution in [0.25, 0.3) is 0 Å². The van der Waals surface area contributed by atoms with Gasteiger partial charge in [0.1, 0.15) is 5.75 Å². The molecule has 2 rings (SSSR count). The van der Waals surface area contributed by atoms with Gasteiger partial charge in [0.25, 0.3) is 0 Å². The molecule has 0 radical (unpaired) electrons. The molecule has 4 heteroatoms. The van der Waals surface area contributed by atoms with E-state index in [4.69, 9.17) is 10.5 Å². The second-order valence-electron chi connectivity index (χ2n) is 6.14. The lowest BCUT2D eigenvalue weighted by atomic mass is 9.64. The molecule has 0 spiro atoms. The van der Waals surface area contributed by atoms with Gasteiger partial charge in [-0.3, -0.25) is 4.79 Å². The molecule has 0 atom stereocenters. The number of nitrogen functional groups attached to an aromatic ring is 1. The van der Waals surface area contributed by atoms with Crippen LogP contribution < -0.4 is 15.8 Å². The molecule has 1 aromatic rings. The summed E-state index contributed by atoms with van der Waals surface area (Å²) in [5.74, 6) is 1.28. The Kier molecular flexibility index (Phi) is 4.21. The summed E-state index contributed by atoms with van der Waals surface area (Å²) in [4.78, 5) is 12.5. The molecule has 1 fully saturated rings. The van der Waals surface area contributed by atoms with E-state index in [1.54, 1.807) is 19.2 Å². The zero-order valence-electron chi connectivity index (χ0n) is 12.5. The Morgan fingerprint density at radius 1 is 1.45 bits per heavy atom. The number of benzene rings is 1. The van der Waals surface area contributed by atoms with Crippen molar-refractivity contribution < 1.29 is 9.53 Å². The van der Waals surface area contributed by atoms with Crippen LogP contribution in [-0.4, -0.2) is 13.0 Å². The van der Waals surface area contributed by atoms with Gasteiger partial charge < -0.3 is 15.8 Å². The SMILES string of the molecule is COc1ccc(NC(=O)C2(CC(C)C)CCC2)cc1N. The molecule has 0 unspecified atom stereocenters. The largest absolute Gasteiger partial charge is 0.495 e. The molecule has 1 aliphatic rings. The number of carbonyl (C=O) groups excluding carboxylic acids is 1. The van der Waals surface area contributed by atoms with Crippen LogP contribution in [0.4, 0.5) is 11.4 Å². The Hall–Kier alpha value is -1.71. The first-order valence-corrected chi connectivity index (χ1v) is 7.22. The van der Waals surface area contributed by atoms with Crippen molar-refractivity contribution in [3.63, 3.8) is 0 Å². The van der Waals surface area contributed by atoms with Gasteiger partial charge in [0.2, 0.25) is 5.91 Å². The highest BCUT2D eigenvalue weighted by atomic mass is 16.5. The Labute approximate surface area is 120 Å². The molecule has 0 aromatic heterocycles. The molecular weight excluding hydrogens is 252 g/mol. The van der Waals surface area contributed by atoms with E-state index in [1.165, 1.54) is 0 Å². The number of rotatable bonds is 5. The Bertz CT molecular complexity index is 493. The number of hydrogen-bond donors (Lipinski definition) is 2. The molecule has 0 saturated heterocycles. The second kappa shape index (κ2) is 5.73. The third-order valence-corrected chi connectivity index (χ3v) is 4.08. The molecule has 1 saturated carbocycles. The summed E-state index contributed by atoms with van der Waals surface area (Å²) in [6.45, 7) is 4.33. The molecule has 4 nitrogen and oxygen atoms in total. The zero-order valence-corrected chi connectivity index (χ0v) is 12.5. The first kappa shape index (κ1) is 14.7. The van der Waals surface area contributed by atoms with Gasteiger partial charge in [-0.05, 0) is 43.4 Å². The van der Waals surface area contributed by atoms with Crippen molar-refractivity contribution in [2.24, 2.45) is 11.3 Å². The number of hydrogen-bond acceptors (Lipinski definition) is 3. The molecular formula is C16H24N2O2. The monoisotopic (exact) mass is 276 g/mol. The average molecular weight is 276 g/mol. The van der Waals surface area contributed by atoms with Crippen LogP contribution in [-0.2, 0) is 4.79 Å². The molecule has 1 amide bonds. The fraction of sp³-hybridized carbons (Fsp3) is 0.562. The van der Waals surface area contributed by atoms with Crippen molar-refractivity contribution in [3.05, 3.63) is 18.2 Å². The van der Waals surface area contributed by atoms with Crippen molar-refractivity contribution in [1.82, 2.24) is 0 Å². The summed E-state index contributed by atoms with van der Waals surface area (Å²) in [6.07, 6.45) is 4.07. The minimum absolute atomic E-state index is 0.127. The molecule has 1 aromatic carbocycles. The van der Waals surface area contributed by atoms with E-state index < -0.39 is 0 Å². The maximum Gasteiger partial charge on any atom is 0.230 e. The Morgan fingerprint density at radius 2 is 2.15 bits per heavy atom. The second-order valence-corrected chi connectivity index (χ2v) is 6.14. The summed E-state index contributed by atoms with van der Waals surface area (Å²) in [5.41, 5.74) is 6.97. The van der Waals surface area contributed by atoms with Gasteiger partial charge in [0, 0.05) is 11.1 Å². The van der Waals surface area contributed by atoms with Gasteiger partial charge in [0.15, 0.2) is 0 Å². The van der Waals surface area contributed by atoms with Crippen molar-refractivity contribution in [2.45, 2.75) is 39.5 Å². The number of nitrogens with one attached hydrogen (secondary N) is 1. The fourth-order valence-corrected chi connectivity index (χ4v) is 2.98. The van der Waals surface area contributed by atoms with Crippen molar-refractivity contribution in [3.8, 4) is 5.75 Å². The van der Waals surface area contributed by atoms with Gasteiger partial charge in [-0.2, -0.15) is 0 Å². The third-order valence-electron chi connectivity index (χ3n) is 4.08. The normalized spacial score (nSPS) is 16.6. The van der Waals surface area contributed by atoms with Crippen molar-refractivity contribution in [2.75, 3.05) is 18.2 Å². The van der Waals surface area contributed by atoms with Gasteiger partial charge in [-0.15, -0.1) is 0 Å². The molecule has 3 N–H and O–H groups in total. The smallest absolute Gasteiger partial charge is 0.230 e. The summed E-state index contributed by atoms with van der Waals surface area (Å²) in [7, 11) is 1.58. The summed E-state index contributed by atoms with van der Waals surface area (Å²) < 4.78 is 5.12. The predicted molar refractivity (Wildman–Crippen MR) is 81.8 cm³/mol. The molecule has 0 bridgehead atoms. The van der Waals surface area contributed by atoms with Crippen LogP contribution in [0.2, 0.25) is 0 Å². The molecule has 0 heterocycles. The summed E-state index contributed by atoms with van der Waals surface area (Å²) in [5, 5.41) is 3.01. The van der Waals surface area contributed by atoms with Crippen LogP contribution >= 0.6 is 0 Å². The minimum atomic E-state index is -0.178. The predicted octanol–water partition coefficient (Wildman–Crippen LogP) is 3.43. The maximum atomic E-state index is 12.5. The highest BCUT2D eigenvalue weighted by Gasteiger charge is 2.44. The van der Waals surface area contributed by atoms with Gasteiger partial charge in [-0.1, -0.05) is 20.3 Å². The highest BCUT2D eigenvalue weighted by Crippen LogP contribution is 2.46. The van der Waals surface area contributed by atoms with Crippen LogP contribution in [0.1, 0.15) is 39.5 Å². The number of amides is 1. The standard InChI is InChI=1S/C16H24N2O2/c1-11(2)10-16(7-4-8-16)15(19)18-12-5-6-14(20-3)13(17)9-12/h5-6,9,11H,4,7-8,10,17H2,1-3H3,(H,18,19). The quantitative estimate of drug-likeness (QED) is 0.810. The van der Waals surface area contributed by atoms with Crippen LogP contribution in [0.15, 0.2) is 18.2 Å². The number of carbonyl (C=O) groups is 1. The maximum absolute atomic E-state index is 12.5. The summed E-state index contributed by atoms with van der Waals surface area (Å²) >= 11 is 0. The van der Waals surface area contributed by atoms with Gasteiger partial charge in [-0.25, -0.2) is 0 Å². The van der Waals surface area contributed by atoms with Crippen LogP contribution in [0, 0.1) is 11.3 Å². The van der Waals surface area contributed by atoms with E-state index in [0.717, 1.165) is 31.4 Å². The fourth-order valence-electron chi connectivity index (χ4n) is 2.98. The van der Waals surface area contributed by atoms with Crippen LogP contribution in [0.3, 0.4) is 0 Å². The van der Waals surface area contributed by atoms with E-state index in [-0.39, 0.29) is 11.3 Å². The molecule has 110 valence electrons. The Morgan fingerprint density at radius 3 is 2.60 bits per heavy atom. The van der Waals surface area contributed by atoms with E-state index in [9.17, 15) is 4.79 Å². The number of ether oxygens (including phenoxy) is 1. The first-order chi connectivity index (χ1) is 9.47.